The fraction of sp³-hybridized carbons (Fsp3) is 0.593. The number of piperidine rings is 1. The Balaban J connectivity index is 1.42. The summed E-state index contributed by atoms with van der Waals surface area (Å²) in [4.78, 5) is 25.8. The highest BCUT2D eigenvalue weighted by Crippen LogP contribution is 2.33. The molecule has 0 amide bonds. The molecule has 0 bridgehead atoms. The summed E-state index contributed by atoms with van der Waals surface area (Å²) in [5, 5.41) is 19.6. The highest BCUT2D eigenvalue weighted by molar-refractivity contribution is 6.05. The molecule has 2 aliphatic carbocycles. The van der Waals surface area contributed by atoms with Crippen molar-refractivity contribution in [2.75, 3.05) is 37.3 Å². The monoisotopic (exact) mass is 476 g/mol. The number of anilines is 2. The Kier molecular flexibility index (Phi) is 6.10. The molecule has 35 heavy (non-hydrogen) atoms. The van der Waals surface area contributed by atoms with Crippen molar-refractivity contribution in [3.63, 3.8) is 0 Å². The molecule has 0 radical (unpaired) electrons. The van der Waals surface area contributed by atoms with Gasteiger partial charge in [0.1, 0.15) is 5.65 Å². The number of benzene rings is 1. The minimum Gasteiger partial charge on any atom is -0.393 e. The number of fused-ring (bicyclic) bond motifs is 3. The molecule has 2 aromatic heterocycles. The molecular weight excluding hydrogens is 440 g/mol. The molecule has 0 unspecified atom stereocenters. The van der Waals surface area contributed by atoms with E-state index in [9.17, 15) is 9.90 Å². The van der Waals surface area contributed by atoms with E-state index in [1.54, 1.807) is 0 Å². The summed E-state index contributed by atoms with van der Waals surface area (Å²) in [6.07, 6.45) is 9.31. The third kappa shape index (κ3) is 4.74. The van der Waals surface area contributed by atoms with Crippen LogP contribution < -0.4 is 16.2 Å². The van der Waals surface area contributed by atoms with Crippen LogP contribution in [0, 0.1) is 5.92 Å². The summed E-state index contributed by atoms with van der Waals surface area (Å²) >= 11 is 0. The van der Waals surface area contributed by atoms with Crippen LogP contribution in [0.2, 0.25) is 0 Å². The van der Waals surface area contributed by atoms with Gasteiger partial charge in [-0.05, 0) is 94.9 Å². The molecule has 3 heterocycles. The van der Waals surface area contributed by atoms with Gasteiger partial charge in [-0.3, -0.25) is 9.36 Å². The number of nitrogens with one attached hydrogen (secondary N) is 2. The van der Waals surface area contributed by atoms with E-state index in [0.717, 1.165) is 61.8 Å². The molecular formula is C27H36N6O2. The summed E-state index contributed by atoms with van der Waals surface area (Å²) in [6, 6.07) is 6.61. The lowest BCUT2D eigenvalue weighted by Crippen LogP contribution is -2.36. The van der Waals surface area contributed by atoms with Gasteiger partial charge in [0.25, 0.3) is 5.56 Å². The Hall–Kier alpha value is -2.71. The number of rotatable bonds is 6. The fourth-order valence-corrected chi connectivity index (χ4v) is 5.70. The van der Waals surface area contributed by atoms with Gasteiger partial charge in [0.2, 0.25) is 5.95 Å². The molecule has 3 fully saturated rings. The van der Waals surface area contributed by atoms with Crippen LogP contribution in [-0.4, -0.2) is 63.4 Å². The van der Waals surface area contributed by atoms with E-state index in [1.807, 2.05) is 22.9 Å². The number of pyridine rings is 1. The third-order valence-electron chi connectivity index (χ3n) is 8.12. The van der Waals surface area contributed by atoms with Crippen molar-refractivity contribution < 1.29 is 5.11 Å². The Bertz CT molecular complexity index is 1270. The van der Waals surface area contributed by atoms with Gasteiger partial charge in [-0.1, -0.05) is 6.07 Å². The maximum absolute atomic E-state index is 14.0. The van der Waals surface area contributed by atoms with Gasteiger partial charge in [-0.25, -0.2) is 4.98 Å². The zero-order chi connectivity index (χ0) is 23.9. The number of aliphatic hydroxyl groups is 1. The van der Waals surface area contributed by atoms with E-state index in [2.05, 4.69) is 33.6 Å². The lowest BCUT2D eigenvalue weighted by molar-refractivity contribution is 0.111. The molecule has 186 valence electrons. The van der Waals surface area contributed by atoms with Gasteiger partial charge in [-0.2, -0.15) is 4.98 Å². The second kappa shape index (κ2) is 9.39. The van der Waals surface area contributed by atoms with Crippen LogP contribution in [0.3, 0.4) is 0 Å². The minimum atomic E-state index is -0.274. The average Bonchev–Trinajstić information content (AvgIpc) is 3.70. The van der Waals surface area contributed by atoms with Crippen molar-refractivity contribution in [2.45, 2.75) is 69.6 Å². The number of aliphatic hydroxyl groups excluding tert-OH is 1. The summed E-state index contributed by atoms with van der Waals surface area (Å²) in [5.74, 6) is 1.30. The molecule has 1 aromatic carbocycles. The number of nitrogens with zero attached hydrogens (tertiary/aromatic N) is 4. The first-order chi connectivity index (χ1) is 17.0. The first-order valence-electron chi connectivity index (χ1n) is 13.3. The van der Waals surface area contributed by atoms with Gasteiger partial charge < -0.3 is 20.6 Å². The Morgan fingerprint density at radius 3 is 2.51 bits per heavy atom. The van der Waals surface area contributed by atoms with Crippen LogP contribution in [0.25, 0.3) is 21.8 Å². The number of aromatic nitrogens is 3. The molecule has 3 N–H and O–H groups in total. The molecule has 0 spiro atoms. The van der Waals surface area contributed by atoms with Gasteiger partial charge in [0.05, 0.1) is 11.5 Å². The quantitative estimate of drug-likeness (QED) is 0.467. The van der Waals surface area contributed by atoms with E-state index in [4.69, 9.17) is 4.98 Å². The van der Waals surface area contributed by atoms with Crippen molar-refractivity contribution in [3.05, 3.63) is 34.7 Å². The molecule has 1 saturated heterocycles. The van der Waals surface area contributed by atoms with Crippen molar-refractivity contribution in [1.29, 1.82) is 0 Å². The van der Waals surface area contributed by atoms with Gasteiger partial charge >= 0.3 is 0 Å². The maximum Gasteiger partial charge on any atom is 0.260 e. The zero-order valence-corrected chi connectivity index (χ0v) is 20.5. The SMILES string of the molecule is CN1CCC(Nc2ccc3c(c2)c(=O)n([C@H]2CC[C@H](O)CC2)c2nc(NCC4CC4)ncc32)CC1. The molecule has 0 atom stereocenters. The molecule has 3 aliphatic rings. The Morgan fingerprint density at radius 1 is 1.00 bits per heavy atom. The van der Waals surface area contributed by atoms with E-state index in [1.165, 1.54) is 12.8 Å². The summed E-state index contributed by atoms with van der Waals surface area (Å²) < 4.78 is 1.90. The highest BCUT2D eigenvalue weighted by Gasteiger charge is 2.26. The Labute approximate surface area is 205 Å². The van der Waals surface area contributed by atoms with Crippen LogP contribution in [0.1, 0.15) is 57.4 Å². The van der Waals surface area contributed by atoms with Crippen molar-refractivity contribution >= 4 is 33.4 Å². The molecule has 3 aromatic rings. The van der Waals surface area contributed by atoms with Gasteiger partial charge in [0.15, 0.2) is 0 Å². The van der Waals surface area contributed by atoms with Crippen molar-refractivity contribution in [1.82, 2.24) is 19.4 Å². The van der Waals surface area contributed by atoms with Crippen LogP contribution in [-0.2, 0) is 0 Å². The third-order valence-corrected chi connectivity index (χ3v) is 8.12. The molecule has 1 aliphatic heterocycles. The Morgan fingerprint density at radius 2 is 1.77 bits per heavy atom. The highest BCUT2D eigenvalue weighted by atomic mass is 16.3. The zero-order valence-electron chi connectivity index (χ0n) is 20.5. The van der Waals surface area contributed by atoms with Crippen LogP contribution in [0.4, 0.5) is 11.6 Å². The molecule has 2 saturated carbocycles. The first-order valence-corrected chi connectivity index (χ1v) is 13.3. The molecule has 8 heteroatoms. The lowest BCUT2D eigenvalue weighted by Gasteiger charge is -2.30. The fourth-order valence-electron chi connectivity index (χ4n) is 5.70. The van der Waals surface area contributed by atoms with Crippen LogP contribution >= 0.6 is 0 Å². The van der Waals surface area contributed by atoms with Crippen molar-refractivity contribution in [2.24, 2.45) is 5.92 Å². The molecule has 6 rings (SSSR count). The summed E-state index contributed by atoms with van der Waals surface area (Å²) in [7, 11) is 2.17. The van der Waals surface area contributed by atoms with E-state index < -0.39 is 0 Å². The topological polar surface area (TPSA) is 95.3 Å². The maximum atomic E-state index is 14.0. The minimum absolute atomic E-state index is 0.00719. The summed E-state index contributed by atoms with van der Waals surface area (Å²) in [6.45, 7) is 3.06. The van der Waals surface area contributed by atoms with Gasteiger partial charge in [0, 0.05) is 35.9 Å². The number of likely N-dealkylation sites (tertiary alicyclic amines) is 1. The number of hydrogen-bond donors (Lipinski definition) is 3. The summed E-state index contributed by atoms with van der Waals surface area (Å²) in [5.41, 5.74) is 1.71. The van der Waals surface area contributed by atoms with Crippen LogP contribution in [0.5, 0.6) is 0 Å². The predicted octanol–water partition coefficient (Wildman–Crippen LogP) is 3.75. The van der Waals surface area contributed by atoms with Gasteiger partial charge in [-0.15, -0.1) is 0 Å². The average molecular weight is 477 g/mol. The van der Waals surface area contributed by atoms with E-state index in [-0.39, 0.29) is 17.7 Å². The first kappa shape index (κ1) is 22.7. The normalized spacial score (nSPS) is 24.2. The smallest absolute Gasteiger partial charge is 0.260 e. The van der Waals surface area contributed by atoms with Crippen LogP contribution in [0.15, 0.2) is 29.2 Å². The van der Waals surface area contributed by atoms with E-state index in [0.29, 0.717) is 41.8 Å². The van der Waals surface area contributed by atoms with E-state index >= 15 is 0 Å². The largest absolute Gasteiger partial charge is 0.393 e. The number of hydrogen-bond acceptors (Lipinski definition) is 7. The second-order valence-corrected chi connectivity index (χ2v) is 10.9. The van der Waals surface area contributed by atoms with Crippen molar-refractivity contribution in [3.8, 4) is 0 Å². The molecule has 8 nitrogen and oxygen atoms in total. The second-order valence-electron chi connectivity index (χ2n) is 10.9. The standard InChI is InChI=1S/C27H36N6O2/c1-32-12-10-18(11-13-32)30-19-4-9-22-23(14-19)26(35)33(20-5-7-21(34)8-6-20)25-24(22)16-29-27(31-25)28-15-17-2-3-17/h4,9,14,16-18,20-21,30,34H,2-3,5-8,10-13,15H2,1H3,(H,28,29,31)/t20-,21-. The lowest BCUT2D eigenvalue weighted by atomic mass is 9.92. The predicted molar refractivity (Wildman–Crippen MR) is 140 cm³/mol.